The molecular weight excluding hydrogens is 308 g/mol. The first-order valence-electron chi connectivity index (χ1n) is 6.68. The van der Waals surface area contributed by atoms with E-state index in [9.17, 15) is 5.11 Å². The molecule has 0 aromatic heterocycles. The van der Waals surface area contributed by atoms with E-state index in [0.717, 1.165) is 32.6 Å². The van der Waals surface area contributed by atoms with Crippen LogP contribution in [0.4, 0.5) is 0 Å². The fourth-order valence-electron chi connectivity index (χ4n) is 2.64. The van der Waals surface area contributed by atoms with Crippen LogP contribution < -0.4 is 10.1 Å². The van der Waals surface area contributed by atoms with E-state index in [1.807, 2.05) is 12.1 Å². The van der Waals surface area contributed by atoms with E-state index in [-0.39, 0.29) is 5.75 Å². The highest BCUT2D eigenvalue weighted by Crippen LogP contribution is 2.38. The zero-order valence-corrected chi connectivity index (χ0v) is 13.0. The van der Waals surface area contributed by atoms with Crippen molar-refractivity contribution in [2.24, 2.45) is 0 Å². The topological polar surface area (TPSA) is 44.7 Å². The Morgan fingerprint density at radius 2 is 2.11 bits per heavy atom. The summed E-state index contributed by atoms with van der Waals surface area (Å²) in [7, 11) is 1.58. The number of halogens is 1. The number of nitrogens with one attached hydrogen (secondary N) is 1. The first-order chi connectivity index (χ1) is 9.17. The summed E-state index contributed by atoms with van der Waals surface area (Å²) in [5, 5.41) is 13.3. The maximum atomic E-state index is 9.89. The van der Waals surface area contributed by atoms with Crippen LogP contribution in [0.25, 0.3) is 0 Å². The predicted molar refractivity (Wildman–Crippen MR) is 79.8 cm³/mol. The molecule has 4 nitrogen and oxygen atoms in total. The lowest BCUT2D eigenvalue weighted by Gasteiger charge is -2.35. The number of phenols is 1. The Labute approximate surface area is 122 Å². The number of hydrogen-bond acceptors (Lipinski definition) is 4. The van der Waals surface area contributed by atoms with Gasteiger partial charge in [-0.2, -0.15) is 0 Å². The SMILES string of the molecule is CC[C@H](c1cc(Br)c(O)c(OC)c1)N1CCNCC1. The second kappa shape index (κ2) is 6.59. The van der Waals surface area contributed by atoms with Gasteiger partial charge in [0.2, 0.25) is 0 Å². The molecule has 1 aliphatic heterocycles. The van der Waals surface area contributed by atoms with Crippen LogP contribution in [0.1, 0.15) is 24.9 Å². The molecule has 1 aliphatic rings. The highest BCUT2D eigenvalue weighted by molar-refractivity contribution is 9.10. The van der Waals surface area contributed by atoms with E-state index >= 15 is 0 Å². The maximum absolute atomic E-state index is 9.89. The molecule has 2 N–H and O–H groups in total. The Balaban J connectivity index is 2.29. The Bertz CT molecular complexity index is 434. The Kier molecular flexibility index (Phi) is 5.07. The van der Waals surface area contributed by atoms with Crippen LogP contribution in [0.3, 0.4) is 0 Å². The van der Waals surface area contributed by atoms with Gasteiger partial charge in [0.15, 0.2) is 11.5 Å². The fraction of sp³-hybridized carbons (Fsp3) is 0.571. The zero-order chi connectivity index (χ0) is 13.8. The molecule has 19 heavy (non-hydrogen) atoms. The van der Waals surface area contributed by atoms with Gasteiger partial charge in [-0.15, -0.1) is 0 Å². The first-order valence-corrected chi connectivity index (χ1v) is 7.47. The van der Waals surface area contributed by atoms with Crippen LogP contribution >= 0.6 is 15.9 Å². The minimum absolute atomic E-state index is 0.168. The molecule has 1 aromatic rings. The normalized spacial score (nSPS) is 18.3. The number of aromatic hydroxyl groups is 1. The van der Waals surface area contributed by atoms with Crippen molar-refractivity contribution in [2.75, 3.05) is 33.3 Å². The monoisotopic (exact) mass is 328 g/mol. The lowest BCUT2D eigenvalue weighted by Crippen LogP contribution is -2.45. The third-order valence-corrected chi connectivity index (χ3v) is 4.24. The van der Waals surface area contributed by atoms with Gasteiger partial charge < -0.3 is 15.2 Å². The standard InChI is InChI=1S/C14H21BrN2O2/c1-3-12(17-6-4-16-5-7-17)10-8-11(15)14(18)13(9-10)19-2/h8-9,12,16,18H,3-7H2,1-2H3/t12-/m1/s1. The average molecular weight is 329 g/mol. The van der Waals surface area contributed by atoms with E-state index in [1.54, 1.807) is 7.11 Å². The Morgan fingerprint density at radius 3 is 2.68 bits per heavy atom. The van der Waals surface area contributed by atoms with Gasteiger partial charge in [0, 0.05) is 32.2 Å². The van der Waals surface area contributed by atoms with E-state index < -0.39 is 0 Å². The van der Waals surface area contributed by atoms with Crippen LogP contribution in [-0.4, -0.2) is 43.3 Å². The summed E-state index contributed by atoms with van der Waals surface area (Å²) in [4.78, 5) is 2.48. The van der Waals surface area contributed by atoms with Crippen LogP contribution in [0.5, 0.6) is 11.5 Å². The first kappa shape index (κ1) is 14.6. The molecule has 0 spiro atoms. The molecule has 5 heteroatoms. The number of hydrogen-bond donors (Lipinski definition) is 2. The van der Waals surface area contributed by atoms with Gasteiger partial charge in [-0.05, 0) is 40.0 Å². The minimum Gasteiger partial charge on any atom is -0.503 e. The molecular formula is C14H21BrN2O2. The predicted octanol–water partition coefficient (Wildman–Crippen LogP) is 2.52. The van der Waals surface area contributed by atoms with Crippen molar-refractivity contribution in [3.63, 3.8) is 0 Å². The summed E-state index contributed by atoms with van der Waals surface area (Å²) in [6.07, 6.45) is 1.04. The second-order valence-electron chi connectivity index (χ2n) is 4.76. The summed E-state index contributed by atoms with van der Waals surface area (Å²) >= 11 is 3.40. The maximum Gasteiger partial charge on any atom is 0.172 e. The summed E-state index contributed by atoms with van der Waals surface area (Å²) < 4.78 is 5.93. The number of methoxy groups -OCH3 is 1. The molecule has 1 atom stereocenters. The number of ether oxygens (including phenoxy) is 1. The molecule has 1 saturated heterocycles. The summed E-state index contributed by atoms with van der Waals surface area (Å²) in [5.41, 5.74) is 1.19. The van der Waals surface area contributed by atoms with Crippen LogP contribution in [-0.2, 0) is 0 Å². The van der Waals surface area contributed by atoms with Gasteiger partial charge in [-0.1, -0.05) is 6.92 Å². The lowest BCUT2D eigenvalue weighted by molar-refractivity contribution is 0.169. The van der Waals surface area contributed by atoms with Gasteiger partial charge in [-0.25, -0.2) is 0 Å². The molecule has 0 saturated carbocycles. The summed E-state index contributed by atoms with van der Waals surface area (Å²) in [5.74, 6) is 0.694. The minimum atomic E-state index is 0.168. The molecule has 106 valence electrons. The van der Waals surface area contributed by atoms with Crippen molar-refractivity contribution < 1.29 is 9.84 Å². The number of nitrogens with zero attached hydrogens (tertiary/aromatic N) is 1. The molecule has 1 heterocycles. The fourth-order valence-corrected chi connectivity index (χ4v) is 3.10. The van der Waals surface area contributed by atoms with Crippen molar-refractivity contribution in [3.8, 4) is 11.5 Å². The smallest absolute Gasteiger partial charge is 0.172 e. The van der Waals surface area contributed by atoms with Crippen LogP contribution in [0.15, 0.2) is 16.6 Å². The van der Waals surface area contributed by atoms with E-state index in [0.29, 0.717) is 16.3 Å². The second-order valence-corrected chi connectivity index (χ2v) is 5.62. The summed E-state index contributed by atoms with van der Waals surface area (Å²) in [6.45, 7) is 6.37. The highest BCUT2D eigenvalue weighted by Gasteiger charge is 2.22. The Hall–Kier alpha value is -0.780. The highest BCUT2D eigenvalue weighted by atomic mass is 79.9. The van der Waals surface area contributed by atoms with E-state index in [4.69, 9.17) is 4.74 Å². The van der Waals surface area contributed by atoms with E-state index in [2.05, 4.69) is 33.1 Å². The molecule has 0 unspecified atom stereocenters. The summed E-state index contributed by atoms with van der Waals surface area (Å²) in [6, 6.07) is 4.30. The molecule has 1 fully saturated rings. The van der Waals surface area contributed by atoms with Crippen molar-refractivity contribution in [2.45, 2.75) is 19.4 Å². The third-order valence-electron chi connectivity index (χ3n) is 3.63. The largest absolute Gasteiger partial charge is 0.503 e. The van der Waals surface area contributed by atoms with Crippen LogP contribution in [0.2, 0.25) is 0 Å². The molecule has 0 radical (unpaired) electrons. The molecule has 0 amide bonds. The van der Waals surface area contributed by atoms with Crippen molar-refractivity contribution >= 4 is 15.9 Å². The van der Waals surface area contributed by atoms with Crippen molar-refractivity contribution in [3.05, 3.63) is 22.2 Å². The third kappa shape index (κ3) is 3.22. The van der Waals surface area contributed by atoms with Crippen molar-refractivity contribution in [1.29, 1.82) is 0 Å². The average Bonchev–Trinajstić information content (AvgIpc) is 2.44. The van der Waals surface area contributed by atoms with Crippen LogP contribution in [0, 0.1) is 0 Å². The molecule has 2 rings (SSSR count). The number of phenolic OH excluding ortho intramolecular Hbond substituents is 1. The number of piperazine rings is 1. The van der Waals surface area contributed by atoms with E-state index in [1.165, 1.54) is 5.56 Å². The molecule has 1 aromatic carbocycles. The van der Waals surface area contributed by atoms with Gasteiger partial charge in [0.1, 0.15) is 0 Å². The van der Waals surface area contributed by atoms with Gasteiger partial charge in [0.05, 0.1) is 11.6 Å². The zero-order valence-electron chi connectivity index (χ0n) is 11.4. The van der Waals surface area contributed by atoms with Gasteiger partial charge in [-0.3, -0.25) is 4.90 Å². The van der Waals surface area contributed by atoms with Gasteiger partial charge in [0.25, 0.3) is 0 Å². The van der Waals surface area contributed by atoms with Crippen molar-refractivity contribution in [1.82, 2.24) is 10.2 Å². The lowest BCUT2D eigenvalue weighted by atomic mass is 10.0. The quantitative estimate of drug-likeness (QED) is 0.891. The Morgan fingerprint density at radius 1 is 1.42 bits per heavy atom. The number of benzene rings is 1. The number of rotatable bonds is 4. The molecule has 0 aliphatic carbocycles. The van der Waals surface area contributed by atoms with Gasteiger partial charge >= 0.3 is 0 Å². The molecule has 0 bridgehead atoms.